The monoisotopic (exact) mass is 526 g/mol. The lowest BCUT2D eigenvalue weighted by Crippen LogP contribution is -2.37. The highest BCUT2D eigenvalue weighted by molar-refractivity contribution is 9.10. The molecule has 4 N–H and O–H groups in total. The Morgan fingerprint density at radius 3 is 2.75 bits per heavy atom. The fourth-order valence-corrected chi connectivity index (χ4v) is 4.85. The Hall–Kier alpha value is -1.79. The molecule has 0 radical (unpaired) electrons. The highest BCUT2D eigenvalue weighted by Gasteiger charge is 2.16. The molecular weight excluding hydrogens is 496 g/mol. The Kier molecular flexibility index (Phi) is 9.23. The van der Waals surface area contributed by atoms with E-state index in [1.54, 1.807) is 30.5 Å². The van der Waals surface area contributed by atoms with Crippen molar-refractivity contribution < 1.29 is 13.5 Å². The number of benzene rings is 1. The van der Waals surface area contributed by atoms with E-state index >= 15 is 0 Å². The minimum atomic E-state index is -3.62. The smallest absolute Gasteiger partial charge is 0.240 e. The standard InChI is InChI=1S/C21H31BrN6O3S/c1-2-16(15-29)25-20-19(22)14-23-21(27-20)26-17-7-6-8-18(13-17)32(30,31)24-9-12-28-10-4-3-5-11-28/h6-8,13-14,16,24,29H,2-5,9-12,15H2,1H3,(H2,23,25,26,27)/t16-/m1/s1. The summed E-state index contributed by atoms with van der Waals surface area (Å²) in [6.07, 6.45) is 5.94. The third-order valence-corrected chi connectivity index (χ3v) is 7.41. The van der Waals surface area contributed by atoms with Gasteiger partial charge in [-0.15, -0.1) is 0 Å². The van der Waals surface area contributed by atoms with Crippen LogP contribution >= 0.6 is 15.9 Å². The van der Waals surface area contributed by atoms with Gasteiger partial charge in [0.05, 0.1) is 22.0 Å². The van der Waals surface area contributed by atoms with E-state index < -0.39 is 10.0 Å². The van der Waals surface area contributed by atoms with Crippen molar-refractivity contribution in [2.45, 2.75) is 43.5 Å². The highest BCUT2D eigenvalue weighted by Crippen LogP contribution is 2.24. The molecule has 3 rings (SSSR count). The molecule has 176 valence electrons. The van der Waals surface area contributed by atoms with Gasteiger partial charge >= 0.3 is 0 Å². The number of halogens is 1. The Balaban J connectivity index is 1.65. The van der Waals surface area contributed by atoms with E-state index in [0.29, 0.717) is 35.0 Å². The molecule has 0 spiro atoms. The normalized spacial score (nSPS) is 16.0. The summed E-state index contributed by atoms with van der Waals surface area (Å²) < 4.78 is 28.8. The van der Waals surface area contributed by atoms with E-state index in [0.717, 1.165) is 19.5 Å². The second-order valence-corrected chi connectivity index (χ2v) is 10.4. The molecule has 32 heavy (non-hydrogen) atoms. The van der Waals surface area contributed by atoms with Crippen LogP contribution in [0, 0.1) is 0 Å². The van der Waals surface area contributed by atoms with E-state index in [4.69, 9.17) is 0 Å². The minimum Gasteiger partial charge on any atom is -0.394 e. The summed E-state index contributed by atoms with van der Waals surface area (Å²) >= 11 is 3.41. The summed E-state index contributed by atoms with van der Waals surface area (Å²) in [5, 5.41) is 15.6. The molecule has 2 aromatic rings. The van der Waals surface area contributed by atoms with Crippen molar-refractivity contribution in [3.63, 3.8) is 0 Å². The molecule has 2 heterocycles. The van der Waals surface area contributed by atoms with Crippen molar-refractivity contribution in [2.24, 2.45) is 0 Å². The van der Waals surface area contributed by atoms with E-state index in [9.17, 15) is 13.5 Å². The van der Waals surface area contributed by atoms with E-state index in [1.165, 1.54) is 19.3 Å². The van der Waals surface area contributed by atoms with Crippen molar-refractivity contribution in [1.82, 2.24) is 19.6 Å². The number of aromatic nitrogens is 2. The molecule has 9 nitrogen and oxygen atoms in total. The Labute approximate surface area is 198 Å². The first kappa shape index (κ1) is 24.8. The van der Waals surface area contributed by atoms with Crippen molar-refractivity contribution in [1.29, 1.82) is 0 Å². The molecule has 0 unspecified atom stereocenters. The van der Waals surface area contributed by atoms with Crippen LogP contribution in [0.25, 0.3) is 0 Å². The van der Waals surface area contributed by atoms with Gasteiger partial charge in [-0.05, 0) is 66.5 Å². The van der Waals surface area contributed by atoms with Gasteiger partial charge in [-0.3, -0.25) is 0 Å². The third-order valence-electron chi connectivity index (χ3n) is 5.37. The second kappa shape index (κ2) is 11.9. The zero-order chi connectivity index (χ0) is 23.0. The molecule has 0 aliphatic carbocycles. The van der Waals surface area contributed by atoms with Crippen molar-refractivity contribution >= 4 is 43.4 Å². The van der Waals surface area contributed by atoms with Crippen LogP contribution in [-0.4, -0.2) is 67.2 Å². The number of sulfonamides is 1. The number of hydrogen-bond acceptors (Lipinski definition) is 8. The first-order chi connectivity index (χ1) is 15.4. The number of nitrogens with zero attached hydrogens (tertiary/aromatic N) is 3. The number of likely N-dealkylation sites (tertiary alicyclic amines) is 1. The van der Waals surface area contributed by atoms with Crippen LogP contribution in [0.3, 0.4) is 0 Å². The second-order valence-electron chi connectivity index (χ2n) is 7.78. The van der Waals surface area contributed by atoms with Crippen molar-refractivity contribution in [2.75, 3.05) is 43.4 Å². The number of anilines is 3. The van der Waals surface area contributed by atoms with Crippen LogP contribution in [0.15, 0.2) is 39.8 Å². The fourth-order valence-electron chi connectivity index (χ4n) is 3.47. The Bertz CT molecular complexity index is 981. The van der Waals surface area contributed by atoms with Crippen molar-refractivity contribution in [3.05, 3.63) is 34.9 Å². The van der Waals surface area contributed by atoms with Gasteiger partial charge in [0.1, 0.15) is 5.82 Å². The highest BCUT2D eigenvalue weighted by atomic mass is 79.9. The van der Waals surface area contributed by atoms with E-state index in [2.05, 4.69) is 46.2 Å². The predicted molar refractivity (Wildman–Crippen MR) is 130 cm³/mol. The zero-order valence-electron chi connectivity index (χ0n) is 18.2. The van der Waals surface area contributed by atoms with Crippen LogP contribution in [0.5, 0.6) is 0 Å². The summed E-state index contributed by atoms with van der Waals surface area (Å²) in [5.74, 6) is 0.864. The molecule has 0 saturated carbocycles. The van der Waals surface area contributed by atoms with Gasteiger partial charge < -0.3 is 20.6 Å². The van der Waals surface area contributed by atoms with Crippen LogP contribution < -0.4 is 15.4 Å². The minimum absolute atomic E-state index is 0.0135. The fraction of sp³-hybridized carbons (Fsp3) is 0.524. The molecular formula is C21H31BrN6O3S. The molecule has 1 aliphatic rings. The molecule has 1 saturated heterocycles. The average molecular weight is 527 g/mol. The number of aliphatic hydroxyl groups is 1. The summed E-state index contributed by atoms with van der Waals surface area (Å²) in [5.41, 5.74) is 0.561. The molecule has 0 amide bonds. The molecule has 1 aromatic heterocycles. The first-order valence-corrected chi connectivity index (χ1v) is 13.2. The quantitative estimate of drug-likeness (QED) is 0.352. The van der Waals surface area contributed by atoms with Crippen LogP contribution in [0.1, 0.15) is 32.6 Å². The SMILES string of the molecule is CC[C@H](CO)Nc1nc(Nc2cccc(S(=O)(=O)NCCN3CCCCC3)c2)ncc1Br. The maximum absolute atomic E-state index is 12.7. The van der Waals surface area contributed by atoms with Gasteiger partial charge in [-0.25, -0.2) is 18.1 Å². The van der Waals surface area contributed by atoms with Gasteiger partial charge in [-0.2, -0.15) is 4.98 Å². The summed E-state index contributed by atoms with van der Waals surface area (Å²) in [4.78, 5) is 11.2. The maximum Gasteiger partial charge on any atom is 0.240 e. The zero-order valence-corrected chi connectivity index (χ0v) is 20.6. The summed E-state index contributed by atoms with van der Waals surface area (Å²) in [6, 6.07) is 6.44. The molecule has 1 fully saturated rings. The number of nitrogens with one attached hydrogen (secondary N) is 3. The van der Waals surface area contributed by atoms with Gasteiger partial charge in [-0.1, -0.05) is 19.4 Å². The predicted octanol–water partition coefficient (Wildman–Crippen LogP) is 2.93. The molecule has 11 heteroatoms. The summed E-state index contributed by atoms with van der Waals surface area (Å²) in [6.45, 7) is 5.11. The third kappa shape index (κ3) is 7.11. The van der Waals surface area contributed by atoms with Crippen molar-refractivity contribution in [3.8, 4) is 0 Å². The van der Waals surface area contributed by atoms with Gasteiger partial charge in [0, 0.05) is 25.0 Å². The van der Waals surface area contributed by atoms with E-state index in [1.807, 2.05) is 6.92 Å². The Morgan fingerprint density at radius 1 is 1.25 bits per heavy atom. The largest absolute Gasteiger partial charge is 0.394 e. The molecule has 1 atom stereocenters. The molecule has 1 aromatic carbocycles. The molecule has 0 bridgehead atoms. The first-order valence-electron chi connectivity index (χ1n) is 10.9. The van der Waals surface area contributed by atoms with Crippen LogP contribution in [0.2, 0.25) is 0 Å². The van der Waals surface area contributed by atoms with Crippen LogP contribution in [-0.2, 0) is 10.0 Å². The van der Waals surface area contributed by atoms with E-state index in [-0.39, 0.29) is 17.5 Å². The Morgan fingerprint density at radius 2 is 2.03 bits per heavy atom. The maximum atomic E-state index is 12.7. The van der Waals surface area contributed by atoms with Gasteiger partial charge in [0.15, 0.2) is 0 Å². The lowest BCUT2D eigenvalue weighted by atomic mass is 10.1. The lowest BCUT2D eigenvalue weighted by Gasteiger charge is -2.26. The number of piperidine rings is 1. The number of aliphatic hydroxyl groups excluding tert-OH is 1. The lowest BCUT2D eigenvalue weighted by molar-refractivity contribution is 0.233. The average Bonchev–Trinajstić information content (AvgIpc) is 2.80. The number of rotatable bonds is 11. The van der Waals surface area contributed by atoms with Gasteiger partial charge in [0.25, 0.3) is 0 Å². The molecule has 1 aliphatic heterocycles. The summed E-state index contributed by atoms with van der Waals surface area (Å²) in [7, 11) is -3.62. The topological polar surface area (TPSA) is 119 Å². The number of hydrogen-bond donors (Lipinski definition) is 4. The van der Waals surface area contributed by atoms with Gasteiger partial charge in [0.2, 0.25) is 16.0 Å². The van der Waals surface area contributed by atoms with Crippen LogP contribution in [0.4, 0.5) is 17.5 Å².